The van der Waals surface area contributed by atoms with E-state index in [1.165, 1.54) is 0 Å². The Bertz CT molecular complexity index is 482. The van der Waals surface area contributed by atoms with Gasteiger partial charge < -0.3 is 10.4 Å². The van der Waals surface area contributed by atoms with E-state index in [2.05, 4.69) is 15.3 Å². The van der Waals surface area contributed by atoms with Crippen LogP contribution in [-0.4, -0.2) is 28.2 Å². The Morgan fingerprint density at radius 2 is 2.00 bits per heavy atom. The average molecular weight is 305 g/mol. The van der Waals surface area contributed by atoms with Gasteiger partial charge in [-0.1, -0.05) is 6.42 Å². The summed E-state index contributed by atoms with van der Waals surface area (Å²) in [6.45, 7) is 0.559. The van der Waals surface area contributed by atoms with Crippen molar-refractivity contribution in [2.75, 3.05) is 23.9 Å². The van der Waals surface area contributed by atoms with E-state index in [-0.39, 0.29) is 30.2 Å². The summed E-state index contributed by atoms with van der Waals surface area (Å²) < 4.78 is 38.2. The maximum absolute atomic E-state index is 12.7. The fraction of sp³-hybridized carbons (Fsp3) is 0.667. The van der Waals surface area contributed by atoms with Crippen molar-refractivity contribution in [3.63, 3.8) is 0 Å². The molecule has 21 heavy (non-hydrogen) atoms. The molecule has 0 aliphatic heterocycles. The van der Waals surface area contributed by atoms with Gasteiger partial charge in [-0.3, -0.25) is 5.43 Å². The second-order valence-corrected chi connectivity index (χ2v) is 5.12. The van der Waals surface area contributed by atoms with Crippen molar-refractivity contribution in [2.45, 2.75) is 25.4 Å². The summed E-state index contributed by atoms with van der Waals surface area (Å²) in [7, 11) is 0. The van der Waals surface area contributed by atoms with Crippen LogP contribution in [-0.2, 0) is 6.18 Å². The molecule has 0 spiro atoms. The molecular weight excluding hydrogens is 287 g/mol. The lowest BCUT2D eigenvalue weighted by atomic mass is 9.97. The highest BCUT2D eigenvalue weighted by Gasteiger charge is 2.34. The van der Waals surface area contributed by atoms with Crippen LogP contribution in [0, 0.1) is 11.8 Å². The Labute approximate surface area is 119 Å². The van der Waals surface area contributed by atoms with Crippen molar-refractivity contribution in [1.29, 1.82) is 0 Å². The summed E-state index contributed by atoms with van der Waals surface area (Å²) in [6.07, 6.45) is -1.66. The van der Waals surface area contributed by atoms with Gasteiger partial charge >= 0.3 is 6.18 Å². The Kier molecular flexibility index (Phi) is 4.84. The smallest absolute Gasteiger partial charge is 0.396 e. The third kappa shape index (κ3) is 3.94. The molecule has 2 atom stereocenters. The first-order chi connectivity index (χ1) is 9.94. The van der Waals surface area contributed by atoms with Gasteiger partial charge in [0.2, 0.25) is 5.95 Å². The molecule has 1 fully saturated rings. The zero-order valence-electron chi connectivity index (χ0n) is 11.3. The van der Waals surface area contributed by atoms with Crippen LogP contribution in [0.25, 0.3) is 0 Å². The number of hydrazine groups is 1. The molecule has 1 aromatic rings. The lowest BCUT2D eigenvalue weighted by Crippen LogP contribution is -2.22. The van der Waals surface area contributed by atoms with Crippen molar-refractivity contribution < 1.29 is 18.3 Å². The normalized spacial score (nSPS) is 22.3. The predicted octanol–water partition coefficient (Wildman–Crippen LogP) is 1.60. The molecule has 9 heteroatoms. The fourth-order valence-corrected chi connectivity index (χ4v) is 2.61. The Morgan fingerprint density at radius 3 is 2.62 bits per heavy atom. The van der Waals surface area contributed by atoms with E-state index < -0.39 is 11.9 Å². The highest BCUT2D eigenvalue weighted by molar-refractivity contribution is 5.42. The topological polar surface area (TPSA) is 96.1 Å². The van der Waals surface area contributed by atoms with E-state index in [1.54, 1.807) is 0 Å². The number of aliphatic hydroxyl groups is 1. The molecule has 6 nitrogen and oxygen atoms in total. The first kappa shape index (κ1) is 15.8. The number of aliphatic hydroxyl groups excluding tert-OH is 1. The van der Waals surface area contributed by atoms with Crippen molar-refractivity contribution in [1.82, 2.24) is 9.97 Å². The zero-order chi connectivity index (χ0) is 15.5. The van der Waals surface area contributed by atoms with Gasteiger partial charge in [-0.2, -0.15) is 18.2 Å². The minimum Gasteiger partial charge on any atom is -0.396 e. The van der Waals surface area contributed by atoms with Crippen molar-refractivity contribution in [3.05, 3.63) is 11.8 Å². The summed E-state index contributed by atoms with van der Waals surface area (Å²) in [5, 5.41) is 12.1. The lowest BCUT2D eigenvalue weighted by molar-refractivity contribution is -0.141. The molecule has 0 amide bonds. The fourth-order valence-electron chi connectivity index (χ4n) is 2.61. The van der Waals surface area contributed by atoms with Gasteiger partial charge in [0.25, 0.3) is 0 Å². The van der Waals surface area contributed by atoms with Gasteiger partial charge in [-0.05, 0) is 24.7 Å². The molecule has 0 aromatic carbocycles. The van der Waals surface area contributed by atoms with Gasteiger partial charge in [0, 0.05) is 19.2 Å². The highest BCUT2D eigenvalue weighted by atomic mass is 19.4. The standard InChI is InChI=1S/C12H18F3N5O/c13-12(14,15)9-4-10(19-11(18-9)20-16)17-5-7-2-1-3-8(7)6-21/h4,7-8,21H,1-3,5-6,16H2,(H2,17,18,19,20). The first-order valence-corrected chi connectivity index (χ1v) is 6.71. The van der Waals surface area contributed by atoms with E-state index in [0.29, 0.717) is 6.54 Å². The largest absolute Gasteiger partial charge is 0.433 e. The van der Waals surface area contributed by atoms with Crippen LogP contribution < -0.4 is 16.6 Å². The van der Waals surface area contributed by atoms with Gasteiger partial charge in [-0.25, -0.2) is 10.8 Å². The summed E-state index contributed by atoms with van der Waals surface area (Å²) in [5.74, 6) is 5.28. The monoisotopic (exact) mass is 305 g/mol. The number of nitrogen functional groups attached to an aromatic ring is 1. The minimum atomic E-state index is -4.56. The van der Waals surface area contributed by atoms with E-state index in [9.17, 15) is 18.3 Å². The van der Waals surface area contributed by atoms with Crippen LogP contribution in [0.15, 0.2) is 6.07 Å². The number of hydrogen-bond acceptors (Lipinski definition) is 6. The second kappa shape index (κ2) is 6.44. The molecule has 1 heterocycles. The number of rotatable bonds is 5. The van der Waals surface area contributed by atoms with E-state index in [1.807, 2.05) is 5.43 Å². The summed E-state index contributed by atoms with van der Waals surface area (Å²) in [6, 6.07) is 0.851. The minimum absolute atomic E-state index is 0.0638. The Hall–Kier alpha value is -1.61. The summed E-state index contributed by atoms with van der Waals surface area (Å²) in [5.41, 5.74) is 0.968. The van der Waals surface area contributed by atoms with Gasteiger partial charge in [0.05, 0.1) is 0 Å². The van der Waals surface area contributed by atoms with Crippen LogP contribution in [0.1, 0.15) is 25.0 Å². The molecule has 1 aliphatic carbocycles. The Balaban J connectivity index is 2.09. The third-order valence-corrected chi connectivity index (χ3v) is 3.74. The van der Waals surface area contributed by atoms with Crippen LogP contribution >= 0.6 is 0 Å². The van der Waals surface area contributed by atoms with Gasteiger partial charge in [0.15, 0.2) is 5.69 Å². The van der Waals surface area contributed by atoms with Crippen LogP contribution in [0.5, 0.6) is 0 Å². The number of hydrogen-bond donors (Lipinski definition) is 4. The van der Waals surface area contributed by atoms with Crippen LogP contribution in [0.2, 0.25) is 0 Å². The number of halogens is 3. The molecule has 5 N–H and O–H groups in total. The highest BCUT2D eigenvalue weighted by Crippen LogP contribution is 2.32. The van der Waals surface area contributed by atoms with Crippen LogP contribution in [0.4, 0.5) is 24.9 Å². The lowest BCUT2D eigenvalue weighted by Gasteiger charge is -2.18. The molecule has 0 radical (unpaired) electrons. The number of anilines is 2. The van der Waals surface area contributed by atoms with Crippen LogP contribution in [0.3, 0.4) is 0 Å². The molecule has 1 aromatic heterocycles. The molecule has 2 rings (SSSR count). The molecule has 1 saturated carbocycles. The number of alkyl halides is 3. The third-order valence-electron chi connectivity index (χ3n) is 3.74. The zero-order valence-corrected chi connectivity index (χ0v) is 11.3. The number of nitrogens with zero attached hydrogens (tertiary/aromatic N) is 2. The summed E-state index contributed by atoms with van der Waals surface area (Å²) in [4.78, 5) is 7.14. The van der Waals surface area contributed by atoms with E-state index in [4.69, 9.17) is 5.84 Å². The van der Waals surface area contributed by atoms with E-state index in [0.717, 1.165) is 25.3 Å². The van der Waals surface area contributed by atoms with Gasteiger partial charge in [-0.15, -0.1) is 0 Å². The average Bonchev–Trinajstić information content (AvgIpc) is 2.91. The van der Waals surface area contributed by atoms with Crippen molar-refractivity contribution in [3.8, 4) is 0 Å². The second-order valence-electron chi connectivity index (χ2n) is 5.12. The van der Waals surface area contributed by atoms with E-state index >= 15 is 0 Å². The molecular formula is C12H18F3N5O. The molecule has 0 saturated heterocycles. The first-order valence-electron chi connectivity index (χ1n) is 6.71. The SMILES string of the molecule is NNc1nc(NCC2CCCC2CO)cc(C(F)(F)F)n1. The van der Waals surface area contributed by atoms with Crippen molar-refractivity contribution >= 4 is 11.8 Å². The van der Waals surface area contributed by atoms with Gasteiger partial charge in [0.1, 0.15) is 5.82 Å². The maximum atomic E-state index is 12.7. The molecule has 1 aliphatic rings. The molecule has 0 bridgehead atoms. The van der Waals surface area contributed by atoms with Crippen molar-refractivity contribution in [2.24, 2.45) is 17.7 Å². The molecule has 118 valence electrons. The predicted molar refractivity (Wildman–Crippen MR) is 71.3 cm³/mol. The maximum Gasteiger partial charge on any atom is 0.433 e. The number of nitrogens with one attached hydrogen (secondary N) is 2. The number of nitrogens with two attached hydrogens (primary N) is 1. The quantitative estimate of drug-likeness (QED) is 0.487. The Morgan fingerprint density at radius 1 is 1.29 bits per heavy atom. The molecule has 2 unspecified atom stereocenters. The number of aromatic nitrogens is 2. The summed E-state index contributed by atoms with van der Waals surface area (Å²) >= 11 is 0.